The minimum absolute atomic E-state index is 0.0473. The van der Waals surface area contributed by atoms with Gasteiger partial charge in [0.1, 0.15) is 22.5 Å². The molecule has 22 heavy (non-hydrogen) atoms. The first-order chi connectivity index (χ1) is 10.3. The van der Waals surface area contributed by atoms with Crippen LogP contribution >= 0.6 is 23.2 Å². The molecule has 4 nitrogen and oxygen atoms in total. The van der Waals surface area contributed by atoms with Crippen LogP contribution in [-0.2, 0) is 6.18 Å². The maximum absolute atomic E-state index is 14.0. The maximum atomic E-state index is 14.0. The first-order valence-electron chi connectivity index (χ1n) is 5.71. The Bertz CT molecular complexity index is 875. The Labute approximate surface area is 130 Å². The number of hydrogen-bond donors (Lipinski definition) is 0. The number of hydrogen-bond acceptors (Lipinski definition) is 3. The SMILES string of the molecule is Fc1ccc(C(F)(F)F)cc1-c1c(Cl)nc2ncnn2c1Cl. The molecule has 0 fully saturated rings. The lowest BCUT2D eigenvalue weighted by atomic mass is 10.0. The first kappa shape index (κ1) is 15.0. The fourth-order valence-electron chi connectivity index (χ4n) is 1.90. The van der Waals surface area contributed by atoms with Gasteiger partial charge in [-0.1, -0.05) is 23.2 Å². The molecule has 0 unspecified atom stereocenters. The Morgan fingerprint density at radius 2 is 1.86 bits per heavy atom. The lowest BCUT2D eigenvalue weighted by Gasteiger charge is -2.12. The van der Waals surface area contributed by atoms with Crippen LogP contribution in [0.4, 0.5) is 17.6 Å². The summed E-state index contributed by atoms with van der Waals surface area (Å²) in [6, 6.07) is 1.94. The maximum Gasteiger partial charge on any atom is 0.416 e. The van der Waals surface area contributed by atoms with Gasteiger partial charge in [-0.15, -0.1) is 0 Å². The zero-order valence-corrected chi connectivity index (χ0v) is 11.9. The van der Waals surface area contributed by atoms with E-state index in [1.165, 1.54) is 0 Å². The van der Waals surface area contributed by atoms with E-state index in [4.69, 9.17) is 23.2 Å². The fraction of sp³-hybridized carbons (Fsp3) is 0.0833. The minimum atomic E-state index is -4.63. The predicted octanol–water partition coefficient (Wildman–Crippen LogP) is 4.26. The summed E-state index contributed by atoms with van der Waals surface area (Å²) in [4.78, 5) is 7.58. The highest BCUT2D eigenvalue weighted by Gasteiger charge is 2.32. The van der Waals surface area contributed by atoms with Crippen LogP contribution in [0, 0.1) is 5.82 Å². The molecule has 0 bridgehead atoms. The Balaban J connectivity index is 2.31. The average molecular weight is 351 g/mol. The lowest BCUT2D eigenvalue weighted by molar-refractivity contribution is -0.137. The van der Waals surface area contributed by atoms with Crippen LogP contribution in [0.2, 0.25) is 10.3 Å². The van der Waals surface area contributed by atoms with Gasteiger partial charge >= 0.3 is 6.18 Å². The number of alkyl halides is 3. The Morgan fingerprint density at radius 3 is 2.55 bits per heavy atom. The molecular weight excluding hydrogens is 347 g/mol. The van der Waals surface area contributed by atoms with Crippen molar-refractivity contribution in [3.05, 3.63) is 46.2 Å². The third-order valence-corrected chi connectivity index (χ3v) is 3.51. The van der Waals surface area contributed by atoms with Gasteiger partial charge in [-0.3, -0.25) is 0 Å². The molecule has 0 atom stereocenters. The molecule has 2 heterocycles. The molecule has 0 amide bonds. The van der Waals surface area contributed by atoms with Gasteiger partial charge in [-0.2, -0.15) is 32.8 Å². The van der Waals surface area contributed by atoms with Gasteiger partial charge in [-0.25, -0.2) is 4.39 Å². The second-order valence-electron chi connectivity index (χ2n) is 4.23. The summed E-state index contributed by atoms with van der Waals surface area (Å²) < 4.78 is 53.4. The molecule has 0 saturated heterocycles. The summed E-state index contributed by atoms with van der Waals surface area (Å²) in [6.07, 6.45) is -3.50. The van der Waals surface area contributed by atoms with Crippen LogP contribution in [0.5, 0.6) is 0 Å². The number of benzene rings is 1. The molecule has 1 aromatic carbocycles. The Hall–Kier alpha value is -1.93. The van der Waals surface area contributed by atoms with E-state index < -0.39 is 23.1 Å². The summed E-state index contributed by atoms with van der Waals surface area (Å²) in [5.41, 5.74) is -1.64. The van der Waals surface area contributed by atoms with Gasteiger partial charge in [0.05, 0.1) is 11.1 Å². The second kappa shape index (κ2) is 5.06. The van der Waals surface area contributed by atoms with Crippen molar-refractivity contribution in [2.45, 2.75) is 6.18 Å². The second-order valence-corrected chi connectivity index (χ2v) is 4.95. The highest BCUT2D eigenvalue weighted by Crippen LogP contribution is 2.38. The summed E-state index contributed by atoms with van der Waals surface area (Å²) >= 11 is 12.0. The largest absolute Gasteiger partial charge is 0.416 e. The average Bonchev–Trinajstić information content (AvgIpc) is 2.87. The van der Waals surface area contributed by atoms with Crippen molar-refractivity contribution >= 4 is 29.0 Å². The zero-order chi connectivity index (χ0) is 16.1. The van der Waals surface area contributed by atoms with Crippen molar-refractivity contribution in [1.29, 1.82) is 0 Å². The van der Waals surface area contributed by atoms with Crippen LogP contribution in [0.1, 0.15) is 5.56 Å². The molecule has 3 rings (SSSR count). The Morgan fingerprint density at radius 1 is 1.14 bits per heavy atom. The van der Waals surface area contributed by atoms with Crippen molar-refractivity contribution < 1.29 is 17.6 Å². The highest BCUT2D eigenvalue weighted by molar-refractivity contribution is 6.38. The molecule has 0 aliphatic heterocycles. The van der Waals surface area contributed by atoms with Gasteiger partial charge in [0.2, 0.25) is 0 Å². The molecule has 2 aromatic heterocycles. The summed E-state index contributed by atoms with van der Waals surface area (Å²) in [6.45, 7) is 0. The molecule has 0 aliphatic rings. The van der Waals surface area contributed by atoms with Crippen LogP contribution in [0.3, 0.4) is 0 Å². The van der Waals surface area contributed by atoms with E-state index in [9.17, 15) is 17.6 Å². The number of aromatic nitrogens is 4. The van der Waals surface area contributed by atoms with E-state index in [-0.39, 0.29) is 21.6 Å². The standard InChI is InChI=1S/C12H4Cl2F4N4/c13-9-8(10(14)22-11(21-9)19-4-20-22)6-3-5(12(16,17)18)1-2-7(6)15/h1-4H. The predicted molar refractivity (Wildman–Crippen MR) is 71.2 cm³/mol. The fourth-order valence-corrected chi connectivity index (χ4v) is 2.53. The third kappa shape index (κ3) is 2.38. The quantitative estimate of drug-likeness (QED) is 0.486. The van der Waals surface area contributed by atoms with E-state index in [1.54, 1.807) is 0 Å². The minimum Gasteiger partial charge on any atom is -0.206 e. The smallest absolute Gasteiger partial charge is 0.206 e. The molecule has 0 spiro atoms. The molecule has 10 heteroatoms. The number of halogens is 6. The molecule has 0 saturated carbocycles. The van der Waals surface area contributed by atoms with Crippen LogP contribution in [-0.4, -0.2) is 19.6 Å². The first-order valence-corrected chi connectivity index (χ1v) is 6.46. The van der Waals surface area contributed by atoms with Crippen molar-refractivity contribution in [2.75, 3.05) is 0 Å². The van der Waals surface area contributed by atoms with Crippen molar-refractivity contribution in [2.24, 2.45) is 0 Å². The third-order valence-electron chi connectivity index (χ3n) is 2.89. The van der Waals surface area contributed by atoms with E-state index in [0.29, 0.717) is 18.2 Å². The van der Waals surface area contributed by atoms with Crippen LogP contribution in [0.25, 0.3) is 16.9 Å². The lowest BCUT2D eigenvalue weighted by Crippen LogP contribution is -2.06. The van der Waals surface area contributed by atoms with E-state index in [0.717, 1.165) is 10.8 Å². The highest BCUT2D eigenvalue weighted by atomic mass is 35.5. The van der Waals surface area contributed by atoms with Gasteiger partial charge in [0.15, 0.2) is 0 Å². The van der Waals surface area contributed by atoms with Crippen LogP contribution in [0.15, 0.2) is 24.5 Å². The summed E-state index contributed by atoms with van der Waals surface area (Å²) in [5.74, 6) is -0.871. The summed E-state index contributed by atoms with van der Waals surface area (Å²) in [5, 5.41) is 3.29. The van der Waals surface area contributed by atoms with Gasteiger partial charge in [0.25, 0.3) is 5.78 Å². The monoisotopic (exact) mass is 350 g/mol. The van der Waals surface area contributed by atoms with Crippen molar-refractivity contribution in [3.63, 3.8) is 0 Å². The molecular formula is C12H4Cl2F4N4. The van der Waals surface area contributed by atoms with Crippen molar-refractivity contribution in [1.82, 2.24) is 19.6 Å². The van der Waals surface area contributed by atoms with E-state index in [1.807, 2.05) is 0 Å². The molecule has 0 radical (unpaired) electrons. The summed E-state index contributed by atoms with van der Waals surface area (Å²) in [7, 11) is 0. The Kier molecular flexibility index (Phi) is 3.45. The zero-order valence-electron chi connectivity index (χ0n) is 10.4. The molecule has 0 N–H and O–H groups in total. The van der Waals surface area contributed by atoms with Gasteiger partial charge in [0, 0.05) is 5.56 Å². The number of fused-ring (bicyclic) bond motifs is 1. The normalized spacial score (nSPS) is 12.1. The van der Waals surface area contributed by atoms with E-state index in [2.05, 4.69) is 15.1 Å². The number of nitrogens with zero attached hydrogens (tertiary/aromatic N) is 4. The van der Waals surface area contributed by atoms with Gasteiger partial charge < -0.3 is 0 Å². The molecule has 0 aliphatic carbocycles. The topological polar surface area (TPSA) is 43.1 Å². The number of rotatable bonds is 1. The van der Waals surface area contributed by atoms with Crippen LogP contribution < -0.4 is 0 Å². The van der Waals surface area contributed by atoms with E-state index >= 15 is 0 Å². The molecule has 3 aromatic rings. The van der Waals surface area contributed by atoms with Gasteiger partial charge in [-0.05, 0) is 18.2 Å². The van der Waals surface area contributed by atoms with Crippen molar-refractivity contribution in [3.8, 4) is 11.1 Å². The molecule has 114 valence electrons.